The van der Waals surface area contributed by atoms with Gasteiger partial charge >= 0.3 is 0 Å². The molecule has 2 N–H and O–H groups in total. The second kappa shape index (κ2) is 4.31. The molecule has 0 fully saturated rings. The van der Waals surface area contributed by atoms with Crippen molar-refractivity contribution in [3.63, 3.8) is 0 Å². The number of hydrogen-bond acceptors (Lipinski definition) is 6. The van der Waals surface area contributed by atoms with Gasteiger partial charge in [0.2, 0.25) is 17.2 Å². The molecule has 84 valence electrons. The molecule has 0 amide bonds. The lowest BCUT2D eigenvalue weighted by Gasteiger charge is -2.03. The van der Waals surface area contributed by atoms with E-state index in [1.807, 2.05) is 7.05 Å². The van der Waals surface area contributed by atoms with Gasteiger partial charge in [-0.3, -0.25) is 4.68 Å². The van der Waals surface area contributed by atoms with Gasteiger partial charge in [-0.25, -0.2) is 0 Å². The highest BCUT2D eigenvalue weighted by Crippen LogP contribution is 2.14. The normalized spacial score (nSPS) is 10.2. The van der Waals surface area contributed by atoms with Gasteiger partial charge in [0.05, 0.1) is 11.9 Å². The summed E-state index contributed by atoms with van der Waals surface area (Å²) in [5.74, 6) is 0.781. The molecule has 0 aliphatic carbocycles. The molecule has 7 nitrogen and oxygen atoms in total. The molecule has 0 bridgehead atoms. The third-order valence-electron chi connectivity index (χ3n) is 1.79. The summed E-state index contributed by atoms with van der Waals surface area (Å²) in [4.78, 5) is 11.9. The predicted molar refractivity (Wildman–Crippen MR) is 60.9 cm³/mol. The number of aryl methyl sites for hydroxylation is 1. The Labute approximate surface area is 96.9 Å². The van der Waals surface area contributed by atoms with E-state index in [1.165, 1.54) is 0 Å². The van der Waals surface area contributed by atoms with Crippen LogP contribution in [-0.2, 0) is 7.05 Å². The lowest BCUT2D eigenvalue weighted by atomic mass is 10.6. The SMILES string of the molecule is CNc1nc(Cl)nc(Nc2cnn(C)c2)n1. The van der Waals surface area contributed by atoms with Crippen LogP contribution in [0.25, 0.3) is 0 Å². The molecule has 0 saturated heterocycles. The lowest BCUT2D eigenvalue weighted by Crippen LogP contribution is -2.03. The van der Waals surface area contributed by atoms with Gasteiger partial charge < -0.3 is 10.6 Å². The van der Waals surface area contributed by atoms with Crippen molar-refractivity contribution >= 4 is 29.2 Å². The van der Waals surface area contributed by atoms with E-state index in [2.05, 4.69) is 30.7 Å². The molecule has 8 heteroatoms. The van der Waals surface area contributed by atoms with Gasteiger partial charge in [0.1, 0.15) is 0 Å². The zero-order chi connectivity index (χ0) is 11.5. The van der Waals surface area contributed by atoms with Crippen molar-refractivity contribution in [3.8, 4) is 0 Å². The number of hydrogen-bond donors (Lipinski definition) is 2. The summed E-state index contributed by atoms with van der Waals surface area (Å²) in [6, 6.07) is 0. The summed E-state index contributed by atoms with van der Waals surface area (Å²) in [5.41, 5.74) is 0.784. The highest BCUT2D eigenvalue weighted by atomic mass is 35.5. The minimum Gasteiger partial charge on any atom is -0.357 e. The summed E-state index contributed by atoms with van der Waals surface area (Å²) in [5, 5.41) is 9.90. The maximum atomic E-state index is 5.74. The minimum atomic E-state index is 0.130. The van der Waals surface area contributed by atoms with Crippen LogP contribution in [0.1, 0.15) is 0 Å². The molecule has 0 aliphatic heterocycles. The summed E-state index contributed by atoms with van der Waals surface area (Å²) >= 11 is 5.74. The smallest absolute Gasteiger partial charge is 0.233 e. The molecule has 2 aromatic rings. The maximum absolute atomic E-state index is 5.74. The number of nitrogens with zero attached hydrogens (tertiary/aromatic N) is 5. The van der Waals surface area contributed by atoms with Crippen LogP contribution in [0, 0.1) is 0 Å². The van der Waals surface area contributed by atoms with Gasteiger partial charge in [0.25, 0.3) is 0 Å². The van der Waals surface area contributed by atoms with Crippen LogP contribution in [-0.4, -0.2) is 31.8 Å². The lowest BCUT2D eigenvalue weighted by molar-refractivity contribution is 0.768. The van der Waals surface area contributed by atoms with Crippen LogP contribution in [0.5, 0.6) is 0 Å². The van der Waals surface area contributed by atoms with Crippen molar-refractivity contribution in [1.82, 2.24) is 24.7 Å². The molecular weight excluding hydrogens is 230 g/mol. The fourth-order valence-electron chi connectivity index (χ4n) is 1.13. The standard InChI is InChI=1S/C8H10ClN7/c1-10-7-13-6(9)14-8(15-7)12-5-3-11-16(2)4-5/h3-4H,1-2H3,(H2,10,12,13,14,15). The highest BCUT2D eigenvalue weighted by Gasteiger charge is 2.04. The Kier molecular flexibility index (Phi) is 2.86. The van der Waals surface area contributed by atoms with Crippen molar-refractivity contribution in [1.29, 1.82) is 0 Å². The quantitative estimate of drug-likeness (QED) is 0.833. The van der Waals surface area contributed by atoms with E-state index in [4.69, 9.17) is 11.6 Å². The molecule has 0 spiro atoms. The second-order valence-electron chi connectivity index (χ2n) is 3.03. The van der Waals surface area contributed by atoms with E-state index in [0.29, 0.717) is 11.9 Å². The second-order valence-corrected chi connectivity index (χ2v) is 3.37. The zero-order valence-electron chi connectivity index (χ0n) is 8.77. The Bertz CT molecular complexity index is 495. The van der Waals surface area contributed by atoms with E-state index >= 15 is 0 Å². The van der Waals surface area contributed by atoms with Gasteiger partial charge in [-0.15, -0.1) is 0 Å². The number of halogens is 1. The molecule has 0 atom stereocenters. The molecule has 2 rings (SSSR count). The van der Waals surface area contributed by atoms with Crippen molar-refractivity contribution in [3.05, 3.63) is 17.7 Å². The monoisotopic (exact) mass is 239 g/mol. The first-order valence-electron chi connectivity index (χ1n) is 4.52. The van der Waals surface area contributed by atoms with Gasteiger partial charge in [0, 0.05) is 20.3 Å². The molecular formula is C8H10ClN7. The van der Waals surface area contributed by atoms with Gasteiger partial charge in [-0.2, -0.15) is 20.1 Å². The van der Waals surface area contributed by atoms with Gasteiger partial charge in [-0.05, 0) is 11.6 Å². The summed E-state index contributed by atoms with van der Waals surface area (Å²) < 4.78 is 1.67. The molecule has 16 heavy (non-hydrogen) atoms. The Morgan fingerprint density at radius 1 is 1.25 bits per heavy atom. The van der Waals surface area contributed by atoms with Crippen LogP contribution in [0.3, 0.4) is 0 Å². The maximum Gasteiger partial charge on any atom is 0.233 e. The molecule has 0 aliphatic rings. The van der Waals surface area contributed by atoms with Crippen molar-refractivity contribution in [2.24, 2.45) is 7.05 Å². The first-order valence-corrected chi connectivity index (χ1v) is 4.90. The topological polar surface area (TPSA) is 80.5 Å². The molecule has 2 aromatic heterocycles. The van der Waals surface area contributed by atoms with E-state index in [9.17, 15) is 0 Å². The average molecular weight is 240 g/mol. The van der Waals surface area contributed by atoms with Crippen LogP contribution >= 0.6 is 11.6 Å². The largest absolute Gasteiger partial charge is 0.357 e. The zero-order valence-corrected chi connectivity index (χ0v) is 9.52. The fraction of sp³-hybridized carbons (Fsp3) is 0.250. The van der Waals surface area contributed by atoms with Crippen LogP contribution in [0.2, 0.25) is 5.28 Å². The Balaban J connectivity index is 2.24. The van der Waals surface area contributed by atoms with E-state index in [0.717, 1.165) is 5.69 Å². The summed E-state index contributed by atoms with van der Waals surface area (Å²) in [6.45, 7) is 0. The van der Waals surface area contributed by atoms with Crippen LogP contribution in [0.15, 0.2) is 12.4 Å². The average Bonchev–Trinajstić information content (AvgIpc) is 2.63. The first kappa shape index (κ1) is 10.6. The number of rotatable bonds is 3. The van der Waals surface area contributed by atoms with Gasteiger partial charge in [-0.1, -0.05) is 0 Å². The number of aromatic nitrogens is 5. The number of nitrogens with one attached hydrogen (secondary N) is 2. The van der Waals surface area contributed by atoms with Crippen molar-refractivity contribution < 1.29 is 0 Å². The summed E-state index contributed by atoms with van der Waals surface area (Å²) in [6.07, 6.45) is 3.47. The number of anilines is 3. The highest BCUT2D eigenvalue weighted by molar-refractivity contribution is 6.28. The molecule has 0 unspecified atom stereocenters. The minimum absolute atomic E-state index is 0.130. The Morgan fingerprint density at radius 2 is 2.00 bits per heavy atom. The Hall–Kier alpha value is -1.89. The Morgan fingerprint density at radius 3 is 2.62 bits per heavy atom. The van der Waals surface area contributed by atoms with Crippen LogP contribution < -0.4 is 10.6 Å². The third-order valence-corrected chi connectivity index (χ3v) is 1.96. The molecule has 0 radical (unpaired) electrons. The van der Waals surface area contributed by atoms with E-state index < -0.39 is 0 Å². The van der Waals surface area contributed by atoms with Gasteiger partial charge in [0.15, 0.2) is 0 Å². The fourth-order valence-corrected chi connectivity index (χ4v) is 1.29. The first-order chi connectivity index (χ1) is 7.67. The molecule has 0 saturated carbocycles. The van der Waals surface area contributed by atoms with E-state index in [1.54, 1.807) is 24.1 Å². The van der Waals surface area contributed by atoms with Crippen molar-refractivity contribution in [2.75, 3.05) is 17.7 Å². The van der Waals surface area contributed by atoms with E-state index in [-0.39, 0.29) is 5.28 Å². The van der Waals surface area contributed by atoms with Crippen LogP contribution in [0.4, 0.5) is 17.6 Å². The molecule has 2 heterocycles. The molecule has 0 aromatic carbocycles. The predicted octanol–water partition coefficient (Wildman–Crippen LogP) is 1.04. The third kappa shape index (κ3) is 2.37. The van der Waals surface area contributed by atoms with Crippen molar-refractivity contribution in [2.45, 2.75) is 0 Å². The summed E-state index contributed by atoms with van der Waals surface area (Å²) in [7, 11) is 3.53.